The van der Waals surface area contributed by atoms with Crippen LogP contribution < -0.4 is 11.1 Å². The third-order valence-corrected chi connectivity index (χ3v) is 4.71. The lowest BCUT2D eigenvalue weighted by Gasteiger charge is -2.20. The van der Waals surface area contributed by atoms with Crippen LogP contribution in [-0.2, 0) is 0 Å². The normalized spacial score (nSPS) is 12.2. The lowest BCUT2D eigenvalue weighted by Crippen LogP contribution is -2.20. The molecule has 0 saturated heterocycles. The molecule has 106 valence electrons. The molecule has 20 heavy (non-hydrogen) atoms. The van der Waals surface area contributed by atoms with Crippen molar-refractivity contribution in [1.29, 1.82) is 0 Å². The third kappa shape index (κ3) is 3.41. The lowest BCUT2D eigenvalue weighted by atomic mass is 10.0. The van der Waals surface area contributed by atoms with Crippen molar-refractivity contribution >= 4 is 21.6 Å². The molecule has 0 amide bonds. The number of hydrogen-bond donors (Lipinski definition) is 2. The summed E-state index contributed by atoms with van der Waals surface area (Å²) in [5.41, 5.74) is 12.0. The van der Waals surface area contributed by atoms with E-state index in [-0.39, 0.29) is 6.04 Å². The van der Waals surface area contributed by atoms with E-state index in [2.05, 4.69) is 78.4 Å². The Hall–Kier alpha value is -1.32. The van der Waals surface area contributed by atoms with Gasteiger partial charge < -0.3 is 11.1 Å². The monoisotopic (exact) mass is 332 g/mol. The largest absolute Gasteiger partial charge is 0.377 e. The van der Waals surface area contributed by atoms with Crippen molar-refractivity contribution in [3.63, 3.8) is 0 Å². The number of benzene rings is 2. The predicted octanol–water partition coefficient (Wildman–Crippen LogP) is 4.49. The van der Waals surface area contributed by atoms with Gasteiger partial charge in [0.1, 0.15) is 0 Å². The number of hydrogen-bond acceptors (Lipinski definition) is 2. The molecule has 2 nitrogen and oxygen atoms in total. The average Bonchev–Trinajstić information content (AvgIpc) is 2.42. The van der Waals surface area contributed by atoms with Crippen molar-refractivity contribution in [1.82, 2.24) is 0 Å². The second-order valence-electron chi connectivity index (χ2n) is 5.27. The molecular weight excluding hydrogens is 312 g/mol. The minimum Gasteiger partial charge on any atom is -0.377 e. The van der Waals surface area contributed by atoms with Gasteiger partial charge in [-0.15, -0.1) is 0 Å². The van der Waals surface area contributed by atoms with Crippen LogP contribution >= 0.6 is 15.9 Å². The molecular formula is C17H21BrN2. The lowest BCUT2D eigenvalue weighted by molar-refractivity contribution is 0.788. The maximum absolute atomic E-state index is 5.94. The van der Waals surface area contributed by atoms with Gasteiger partial charge in [0, 0.05) is 16.7 Å². The van der Waals surface area contributed by atoms with Crippen molar-refractivity contribution in [2.45, 2.75) is 26.8 Å². The van der Waals surface area contributed by atoms with Gasteiger partial charge >= 0.3 is 0 Å². The van der Waals surface area contributed by atoms with Crippen molar-refractivity contribution < 1.29 is 0 Å². The summed E-state index contributed by atoms with van der Waals surface area (Å²) in [6.45, 7) is 6.88. The smallest absolute Gasteiger partial charge is 0.0636 e. The molecule has 0 saturated carbocycles. The molecule has 0 aliphatic carbocycles. The first-order chi connectivity index (χ1) is 9.51. The third-order valence-electron chi connectivity index (χ3n) is 3.46. The Balaban J connectivity index is 2.27. The summed E-state index contributed by atoms with van der Waals surface area (Å²) in [5.74, 6) is 0. The van der Waals surface area contributed by atoms with Crippen LogP contribution in [0.25, 0.3) is 0 Å². The molecule has 1 unspecified atom stereocenters. The van der Waals surface area contributed by atoms with E-state index in [0.29, 0.717) is 6.54 Å². The van der Waals surface area contributed by atoms with Crippen LogP contribution in [0.2, 0.25) is 0 Å². The van der Waals surface area contributed by atoms with E-state index in [1.165, 1.54) is 26.7 Å². The zero-order valence-electron chi connectivity index (χ0n) is 12.2. The number of rotatable bonds is 4. The summed E-state index contributed by atoms with van der Waals surface area (Å²) in [7, 11) is 0. The molecule has 0 bridgehead atoms. The molecule has 2 aromatic rings. The Morgan fingerprint density at radius 1 is 1.10 bits per heavy atom. The highest BCUT2D eigenvalue weighted by atomic mass is 79.9. The molecule has 0 spiro atoms. The summed E-state index contributed by atoms with van der Waals surface area (Å²) in [6.07, 6.45) is 0. The maximum Gasteiger partial charge on any atom is 0.0636 e. The fourth-order valence-corrected chi connectivity index (χ4v) is 2.62. The van der Waals surface area contributed by atoms with E-state index in [1.54, 1.807) is 0 Å². The number of anilines is 1. The second kappa shape index (κ2) is 6.42. The van der Waals surface area contributed by atoms with Crippen LogP contribution in [0.5, 0.6) is 0 Å². The van der Waals surface area contributed by atoms with Crippen LogP contribution in [0.1, 0.15) is 28.3 Å². The second-order valence-corrected chi connectivity index (χ2v) is 6.06. The highest BCUT2D eigenvalue weighted by Gasteiger charge is 2.11. The minimum absolute atomic E-state index is 0.134. The van der Waals surface area contributed by atoms with Gasteiger partial charge in [-0.2, -0.15) is 0 Å². The van der Waals surface area contributed by atoms with E-state index in [9.17, 15) is 0 Å². The quantitative estimate of drug-likeness (QED) is 0.865. The van der Waals surface area contributed by atoms with Crippen LogP contribution in [-0.4, -0.2) is 6.54 Å². The van der Waals surface area contributed by atoms with E-state index in [4.69, 9.17) is 5.73 Å². The number of nitrogens with two attached hydrogens (primary N) is 1. The fourth-order valence-electron chi connectivity index (χ4n) is 2.40. The van der Waals surface area contributed by atoms with Gasteiger partial charge in [-0.3, -0.25) is 0 Å². The molecule has 0 radical (unpaired) electrons. The van der Waals surface area contributed by atoms with Gasteiger partial charge in [0.15, 0.2) is 0 Å². The maximum atomic E-state index is 5.94. The molecule has 3 N–H and O–H groups in total. The fraction of sp³-hybridized carbons (Fsp3) is 0.294. The average molecular weight is 333 g/mol. The molecule has 0 aromatic heterocycles. The first-order valence-corrected chi connectivity index (χ1v) is 7.60. The van der Waals surface area contributed by atoms with E-state index in [1.807, 2.05) is 0 Å². The Bertz CT molecular complexity index is 585. The Morgan fingerprint density at radius 3 is 2.30 bits per heavy atom. The Morgan fingerprint density at radius 2 is 1.75 bits per heavy atom. The predicted molar refractivity (Wildman–Crippen MR) is 90.2 cm³/mol. The zero-order chi connectivity index (χ0) is 14.7. The topological polar surface area (TPSA) is 38.0 Å². The van der Waals surface area contributed by atoms with Crippen LogP contribution in [0.4, 0.5) is 5.69 Å². The Kier molecular flexibility index (Phi) is 4.84. The molecule has 0 aliphatic heterocycles. The first-order valence-electron chi connectivity index (χ1n) is 6.81. The van der Waals surface area contributed by atoms with Crippen molar-refractivity contribution in [3.8, 4) is 0 Å². The minimum atomic E-state index is 0.134. The standard InChI is InChI=1S/C17H21BrN2/c1-11-5-4-6-14(7-11)16(10-19)20-15-8-12(2)17(18)13(3)9-15/h4-9,16,20H,10,19H2,1-3H3. The van der Waals surface area contributed by atoms with Crippen molar-refractivity contribution in [3.05, 3.63) is 63.1 Å². The molecule has 0 aliphatic rings. The summed E-state index contributed by atoms with van der Waals surface area (Å²) < 4.78 is 1.17. The Labute approximate surface area is 129 Å². The van der Waals surface area contributed by atoms with Gasteiger partial charge in [0.05, 0.1) is 6.04 Å². The zero-order valence-corrected chi connectivity index (χ0v) is 13.8. The van der Waals surface area contributed by atoms with Gasteiger partial charge in [0.25, 0.3) is 0 Å². The molecule has 0 fully saturated rings. The summed E-state index contributed by atoms with van der Waals surface area (Å²) in [6, 6.07) is 12.9. The van der Waals surface area contributed by atoms with Crippen molar-refractivity contribution in [2.24, 2.45) is 5.73 Å². The summed E-state index contributed by atoms with van der Waals surface area (Å²) in [5, 5.41) is 3.54. The van der Waals surface area contributed by atoms with Gasteiger partial charge in [-0.1, -0.05) is 45.8 Å². The van der Waals surface area contributed by atoms with Crippen LogP contribution in [0.15, 0.2) is 40.9 Å². The molecule has 2 rings (SSSR count). The van der Waals surface area contributed by atoms with E-state index < -0.39 is 0 Å². The molecule has 3 heteroatoms. The highest BCUT2D eigenvalue weighted by Crippen LogP contribution is 2.27. The summed E-state index contributed by atoms with van der Waals surface area (Å²) in [4.78, 5) is 0. The highest BCUT2D eigenvalue weighted by molar-refractivity contribution is 9.10. The first kappa shape index (κ1) is 15.1. The molecule has 2 aromatic carbocycles. The van der Waals surface area contributed by atoms with Crippen LogP contribution in [0, 0.1) is 20.8 Å². The SMILES string of the molecule is Cc1cccc(C(CN)Nc2cc(C)c(Br)c(C)c2)c1. The van der Waals surface area contributed by atoms with E-state index >= 15 is 0 Å². The van der Waals surface area contributed by atoms with Crippen LogP contribution in [0.3, 0.4) is 0 Å². The molecule has 1 atom stereocenters. The van der Waals surface area contributed by atoms with Gasteiger partial charge in [-0.25, -0.2) is 0 Å². The van der Waals surface area contributed by atoms with Gasteiger partial charge in [-0.05, 0) is 49.6 Å². The number of halogens is 1. The summed E-state index contributed by atoms with van der Waals surface area (Å²) >= 11 is 3.60. The van der Waals surface area contributed by atoms with E-state index in [0.717, 1.165) is 5.69 Å². The van der Waals surface area contributed by atoms with Crippen molar-refractivity contribution in [2.75, 3.05) is 11.9 Å². The van der Waals surface area contributed by atoms with Gasteiger partial charge in [0.2, 0.25) is 0 Å². The number of nitrogens with one attached hydrogen (secondary N) is 1. The molecule has 0 heterocycles. The number of aryl methyl sites for hydroxylation is 3.